The van der Waals surface area contributed by atoms with Crippen LogP contribution in [0.15, 0.2) is 18.2 Å². The lowest BCUT2D eigenvalue weighted by molar-refractivity contribution is -0.108. The molecule has 4 heteroatoms. The van der Waals surface area contributed by atoms with Crippen molar-refractivity contribution in [3.8, 4) is 0 Å². The number of aldehydes is 1. The number of carbonyl (C=O) groups excluding carboxylic acids is 1. The molecule has 2 aliphatic carbocycles. The highest BCUT2D eigenvalue weighted by Gasteiger charge is 2.32. The van der Waals surface area contributed by atoms with Crippen molar-refractivity contribution in [2.45, 2.75) is 63.9 Å². The van der Waals surface area contributed by atoms with Gasteiger partial charge in [-0.2, -0.15) is 0 Å². The van der Waals surface area contributed by atoms with Crippen LogP contribution in [0.5, 0.6) is 0 Å². The summed E-state index contributed by atoms with van der Waals surface area (Å²) >= 11 is 0. The van der Waals surface area contributed by atoms with Crippen molar-refractivity contribution in [1.82, 2.24) is 0 Å². The highest BCUT2D eigenvalue weighted by Crippen LogP contribution is 2.43. The van der Waals surface area contributed by atoms with Gasteiger partial charge in [0.25, 0.3) is 0 Å². The molecule has 1 aliphatic heterocycles. The maximum Gasteiger partial charge on any atom is 0.166 e. The Morgan fingerprint density at radius 1 is 1.04 bits per heavy atom. The average Bonchev–Trinajstić information content (AvgIpc) is 3.54. The first-order valence-corrected chi connectivity index (χ1v) is 10.4. The Bertz CT molecular complexity index is 715. The number of rotatable bonds is 6. The van der Waals surface area contributed by atoms with Crippen LogP contribution in [-0.2, 0) is 9.53 Å². The van der Waals surface area contributed by atoms with Crippen LogP contribution in [0.1, 0.15) is 75.0 Å². The zero-order chi connectivity index (χ0) is 18.8. The number of carbonyl (C=O) groups is 1. The van der Waals surface area contributed by atoms with E-state index in [1.165, 1.54) is 25.7 Å². The van der Waals surface area contributed by atoms with Gasteiger partial charge in [-0.05, 0) is 61.9 Å². The second kappa shape index (κ2) is 8.22. The molecule has 2 atom stereocenters. The highest BCUT2D eigenvalue weighted by molar-refractivity contribution is 5.67. The van der Waals surface area contributed by atoms with Crippen molar-refractivity contribution < 1.29 is 18.3 Å². The first kappa shape index (κ1) is 18.8. The van der Waals surface area contributed by atoms with E-state index >= 15 is 0 Å². The van der Waals surface area contributed by atoms with E-state index in [1.54, 1.807) is 12.1 Å². The molecule has 0 radical (unpaired) electrons. The summed E-state index contributed by atoms with van der Waals surface area (Å²) in [6.07, 6.45) is 12.4. The summed E-state index contributed by atoms with van der Waals surface area (Å²) in [5.74, 6) is 0.654. The van der Waals surface area contributed by atoms with E-state index in [2.05, 4.69) is 6.08 Å². The lowest BCUT2D eigenvalue weighted by atomic mass is 9.70. The zero-order valence-corrected chi connectivity index (χ0v) is 15.8. The van der Waals surface area contributed by atoms with Crippen molar-refractivity contribution in [1.29, 1.82) is 0 Å². The molecule has 1 saturated heterocycles. The van der Waals surface area contributed by atoms with E-state index in [-0.39, 0.29) is 6.10 Å². The molecular weight excluding hydrogens is 346 g/mol. The maximum absolute atomic E-state index is 14.5. The van der Waals surface area contributed by atoms with E-state index in [9.17, 15) is 13.6 Å². The number of hydrogen-bond donors (Lipinski definition) is 0. The lowest BCUT2D eigenvalue weighted by Gasteiger charge is -2.35. The van der Waals surface area contributed by atoms with Gasteiger partial charge in [-0.15, -0.1) is 0 Å². The number of halogens is 2. The SMILES string of the molecule is O=CCCC1CCC(C2CC=C(c3ccc(C4CO4)c(F)c3F)CC2)CC1. The van der Waals surface area contributed by atoms with Crippen LogP contribution in [0.25, 0.3) is 5.57 Å². The van der Waals surface area contributed by atoms with Gasteiger partial charge in [0, 0.05) is 17.5 Å². The van der Waals surface area contributed by atoms with Crippen LogP contribution in [0.3, 0.4) is 0 Å². The third-order valence-electron chi connectivity index (χ3n) is 6.84. The average molecular weight is 374 g/mol. The molecule has 2 unspecified atom stereocenters. The minimum Gasteiger partial charge on any atom is -0.368 e. The molecule has 27 heavy (non-hydrogen) atoms. The quantitative estimate of drug-likeness (QED) is 0.451. The number of benzene rings is 1. The third-order valence-corrected chi connectivity index (χ3v) is 6.84. The summed E-state index contributed by atoms with van der Waals surface area (Å²) in [6.45, 7) is 0.484. The van der Waals surface area contributed by atoms with Crippen molar-refractivity contribution in [3.05, 3.63) is 41.0 Å². The molecule has 1 aromatic carbocycles. The number of ether oxygens (including phenoxy) is 1. The standard InChI is InChI=1S/C23H28F2O2/c24-22-19(11-12-20(23(22)25)21-14-27-21)18-9-7-17(8-10-18)16-5-3-15(4-6-16)2-1-13-26/h9,11-13,15-17,21H,1-8,10,14H2. The molecule has 0 N–H and O–H groups in total. The highest BCUT2D eigenvalue weighted by atomic mass is 19.2. The van der Waals surface area contributed by atoms with Crippen LogP contribution in [0.2, 0.25) is 0 Å². The topological polar surface area (TPSA) is 29.6 Å². The van der Waals surface area contributed by atoms with Gasteiger partial charge in [-0.25, -0.2) is 8.78 Å². The van der Waals surface area contributed by atoms with Crippen molar-refractivity contribution in [2.75, 3.05) is 6.61 Å². The first-order valence-electron chi connectivity index (χ1n) is 10.4. The normalized spacial score (nSPS) is 30.7. The predicted octanol–water partition coefficient (Wildman–Crippen LogP) is 6.01. The summed E-state index contributed by atoms with van der Waals surface area (Å²) in [6, 6.07) is 3.40. The van der Waals surface area contributed by atoms with Gasteiger partial charge in [0.15, 0.2) is 11.6 Å². The molecule has 2 nitrogen and oxygen atoms in total. The smallest absolute Gasteiger partial charge is 0.166 e. The van der Waals surface area contributed by atoms with Crippen LogP contribution >= 0.6 is 0 Å². The van der Waals surface area contributed by atoms with E-state index < -0.39 is 11.6 Å². The van der Waals surface area contributed by atoms with Gasteiger partial charge >= 0.3 is 0 Å². The Labute approximate surface area is 160 Å². The van der Waals surface area contributed by atoms with Gasteiger partial charge in [0.1, 0.15) is 12.4 Å². The van der Waals surface area contributed by atoms with Crippen LogP contribution in [-0.4, -0.2) is 12.9 Å². The van der Waals surface area contributed by atoms with E-state index in [0.717, 1.165) is 43.5 Å². The molecule has 2 fully saturated rings. The molecular formula is C23H28F2O2. The number of allylic oxidation sites excluding steroid dienone is 2. The maximum atomic E-state index is 14.5. The zero-order valence-electron chi connectivity index (χ0n) is 15.8. The molecule has 4 rings (SSSR count). The van der Waals surface area contributed by atoms with Gasteiger partial charge in [-0.1, -0.05) is 31.1 Å². The summed E-state index contributed by atoms with van der Waals surface area (Å²) in [7, 11) is 0. The molecule has 0 amide bonds. The summed E-state index contributed by atoms with van der Waals surface area (Å²) in [5.41, 5.74) is 1.72. The molecule has 0 bridgehead atoms. The largest absolute Gasteiger partial charge is 0.368 e. The van der Waals surface area contributed by atoms with E-state index in [1.807, 2.05) is 0 Å². The van der Waals surface area contributed by atoms with E-state index in [0.29, 0.717) is 36.0 Å². The summed E-state index contributed by atoms with van der Waals surface area (Å²) in [4.78, 5) is 10.5. The summed E-state index contributed by atoms with van der Waals surface area (Å²) in [5, 5.41) is 0. The summed E-state index contributed by atoms with van der Waals surface area (Å²) < 4.78 is 33.9. The van der Waals surface area contributed by atoms with E-state index in [4.69, 9.17) is 4.74 Å². The Morgan fingerprint density at radius 2 is 1.81 bits per heavy atom. The van der Waals surface area contributed by atoms with Gasteiger partial charge in [0.2, 0.25) is 0 Å². The second-order valence-corrected chi connectivity index (χ2v) is 8.44. The fraction of sp³-hybridized carbons (Fsp3) is 0.609. The van der Waals surface area contributed by atoms with Gasteiger partial charge in [-0.3, -0.25) is 0 Å². The van der Waals surface area contributed by atoms with Crippen molar-refractivity contribution in [3.63, 3.8) is 0 Å². The molecule has 1 heterocycles. The molecule has 1 saturated carbocycles. The number of epoxide rings is 1. The lowest BCUT2D eigenvalue weighted by Crippen LogP contribution is -2.23. The predicted molar refractivity (Wildman–Crippen MR) is 101 cm³/mol. The minimum absolute atomic E-state index is 0.264. The van der Waals surface area contributed by atoms with Crippen LogP contribution in [0, 0.1) is 29.4 Å². The Balaban J connectivity index is 1.36. The Hall–Kier alpha value is -1.55. The third kappa shape index (κ3) is 4.16. The monoisotopic (exact) mass is 374 g/mol. The molecule has 0 aromatic heterocycles. The Morgan fingerprint density at radius 3 is 2.44 bits per heavy atom. The first-order chi connectivity index (χ1) is 13.2. The fourth-order valence-electron chi connectivity index (χ4n) is 5.07. The fourth-order valence-corrected chi connectivity index (χ4v) is 5.07. The molecule has 146 valence electrons. The number of hydrogen-bond acceptors (Lipinski definition) is 2. The molecule has 1 aromatic rings. The molecule has 3 aliphatic rings. The van der Waals surface area contributed by atoms with Gasteiger partial charge in [0.05, 0.1) is 6.61 Å². The second-order valence-electron chi connectivity index (χ2n) is 8.44. The van der Waals surface area contributed by atoms with Crippen LogP contribution in [0.4, 0.5) is 8.78 Å². The Kier molecular flexibility index (Phi) is 5.72. The molecule has 0 spiro atoms. The minimum atomic E-state index is -0.744. The van der Waals surface area contributed by atoms with Crippen LogP contribution < -0.4 is 0 Å². The van der Waals surface area contributed by atoms with Crippen molar-refractivity contribution >= 4 is 11.9 Å². The van der Waals surface area contributed by atoms with Crippen molar-refractivity contribution in [2.24, 2.45) is 17.8 Å². The van der Waals surface area contributed by atoms with Gasteiger partial charge < -0.3 is 9.53 Å².